The highest BCUT2D eigenvalue weighted by Crippen LogP contribution is 2.36. The van der Waals surface area contributed by atoms with Crippen LogP contribution < -0.4 is 15.9 Å². The first-order chi connectivity index (χ1) is 12.4. The zero-order chi connectivity index (χ0) is 16.9. The summed E-state index contributed by atoms with van der Waals surface area (Å²) in [7, 11) is -0.611. The second-order valence-electron chi connectivity index (χ2n) is 5.76. The maximum Gasteiger partial charge on any atom is 0.0273 e. The molecule has 1 heterocycles. The standard InChI is InChI=1S/C23H18NP/c1-3-9-20(10-4-1)25(21-11-5-2-6-12-21)23-14-8-7-13-22(23)19-15-17-24-18-16-19/h1-18H. The lowest BCUT2D eigenvalue weighted by Crippen LogP contribution is -2.21. The first-order valence-corrected chi connectivity index (χ1v) is 9.67. The van der Waals surface area contributed by atoms with E-state index >= 15 is 0 Å². The minimum absolute atomic E-state index is 0.611. The Morgan fingerprint density at radius 1 is 0.520 bits per heavy atom. The highest BCUT2D eigenvalue weighted by molar-refractivity contribution is 7.80. The van der Waals surface area contributed by atoms with Crippen LogP contribution in [-0.4, -0.2) is 4.98 Å². The van der Waals surface area contributed by atoms with Gasteiger partial charge in [0.25, 0.3) is 0 Å². The molecule has 2 heteroatoms. The van der Waals surface area contributed by atoms with Crippen molar-refractivity contribution in [3.63, 3.8) is 0 Å². The van der Waals surface area contributed by atoms with E-state index in [2.05, 4.69) is 102 Å². The predicted octanol–water partition coefficient (Wildman–Crippen LogP) is 4.51. The van der Waals surface area contributed by atoms with E-state index < -0.39 is 7.92 Å². The maximum atomic E-state index is 4.17. The molecule has 0 amide bonds. The molecule has 1 nitrogen and oxygen atoms in total. The average molecular weight is 339 g/mol. The maximum absolute atomic E-state index is 4.17. The summed E-state index contributed by atoms with van der Waals surface area (Å²) in [4.78, 5) is 4.17. The first kappa shape index (κ1) is 15.7. The zero-order valence-electron chi connectivity index (χ0n) is 13.8. The quantitative estimate of drug-likeness (QED) is 0.499. The Bertz CT molecular complexity index is 898. The normalized spacial score (nSPS) is 10.8. The molecule has 0 spiro atoms. The van der Waals surface area contributed by atoms with E-state index in [-0.39, 0.29) is 0 Å². The van der Waals surface area contributed by atoms with Gasteiger partial charge in [0.1, 0.15) is 0 Å². The van der Waals surface area contributed by atoms with E-state index in [1.54, 1.807) is 0 Å². The number of nitrogens with zero attached hydrogens (tertiary/aromatic N) is 1. The molecular weight excluding hydrogens is 321 g/mol. The SMILES string of the molecule is c1ccc(P(c2ccccc2)c2ccccc2-c2ccncc2)cc1. The average Bonchev–Trinajstić information content (AvgIpc) is 2.71. The van der Waals surface area contributed by atoms with Crippen LogP contribution in [0, 0.1) is 0 Å². The summed E-state index contributed by atoms with van der Waals surface area (Å²) in [6.45, 7) is 0. The van der Waals surface area contributed by atoms with E-state index in [0.29, 0.717) is 0 Å². The van der Waals surface area contributed by atoms with Crippen molar-refractivity contribution in [3.8, 4) is 11.1 Å². The Morgan fingerprint density at radius 3 is 1.64 bits per heavy atom. The fourth-order valence-corrected chi connectivity index (χ4v) is 5.50. The molecule has 4 aromatic rings. The number of aromatic nitrogens is 1. The summed E-state index contributed by atoms with van der Waals surface area (Å²) in [5.41, 5.74) is 2.49. The van der Waals surface area contributed by atoms with Crippen LogP contribution >= 0.6 is 7.92 Å². The van der Waals surface area contributed by atoms with Gasteiger partial charge in [0.15, 0.2) is 0 Å². The Balaban J connectivity index is 1.93. The van der Waals surface area contributed by atoms with Crippen molar-refractivity contribution < 1.29 is 0 Å². The molecule has 0 fully saturated rings. The lowest BCUT2D eigenvalue weighted by atomic mass is 10.1. The number of pyridine rings is 1. The minimum Gasteiger partial charge on any atom is -0.265 e. The Kier molecular flexibility index (Phi) is 4.68. The lowest BCUT2D eigenvalue weighted by Gasteiger charge is -2.22. The van der Waals surface area contributed by atoms with Gasteiger partial charge in [-0.3, -0.25) is 4.98 Å². The van der Waals surface area contributed by atoms with Crippen LogP contribution in [0.2, 0.25) is 0 Å². The smallest absolute Gasteiger partial charge is 0.0273 e. The van der Waals surface area contributed by atoms with Crippen LogP contribution in [0.3, 0.4) is 0 Å². The molecule has 3 aromatic carbocycles. The minimum atomic E-state index is -0.611. The topological polar surface area (TPSA) is 12.9 Å². The molecule has 0 N–H and O–H groups in total. The van der Waals surface area contributed by atoms with Crippen molar-refractivity contribution >= 4 is 23.8 Å². The summed E-state index contributed by atoms with van der Waals surface area (Å²) in [6.07, 6.45) is 3.72. The fourth-order valence-electron chi connectivity index (χ4n) is 3.03. The van der Waals surface area contributed by atoms with Crippen LogP contribution in [0.5, 0.6) is 0 Å². The lowest BCUT2D eigenvalue weighted by molar-refractivity contribution is 1.33. The third-order valence-electron chi connectivity index (χ3n) is 4.17. The number of hydrogen-bond acceptors (Lipinski definition) is 1. The molecular formula is C23H18NP. The van der Waals surface area contributed by atoms with Gasteiger partial charge >= 0.3 is 0 Å². The molecule has 120 valence electrons. The molecule has 0 unspecified atom stereocenters. The summed E-state index contributed by atoms with van der Waals surface area (Å²) < 4.78 is 0. The van der Waals surface area contributed by atoms with Crippen LogP contribution in [0.25, 0.3) is 11.1 Å². The largest absolute Gasteiger partial charge is 0.265 e. The third-order valence-corrected chi connectivity index (χ3v) is 6.67. The molecule has 0 saturated carbocycles. The summed E-state index contributed by atoms with van der Waals surface area (Å²) >= 11 is 0. The summed E-state index contributed by atoms with van der Waals surface area (Å²) in [5, 5.41) is 4.11. The van der Waals surface area contributed by atoms with E-state index in [1.165, 1.54) is 27.0 Å². The van der Waals surface area contributed by atoms with E-state index in [1.807, 2.05) is 12.4 Å². The van der Waals surface area contributed by atoms with Gasteiger partial charge in [0.05, 0.1) is 0 Å². The summed E-state index contributed by atoms with van der Waals surface area (Å²) in [6, 6.07) is 34.5. The Hall–Kier alpha value is -2.76. The van der Waals surface area contributed by atoms with Crippen LogP contribution in [0.4, 0.5) is 0 Å². The monoisotopic (exact) mass is 339 g/mol. The third kappa shape index (κ3) is 3.38. The van der Waals surface area contributed by atoms with Crippen molar-refractivity contribution in [1.29, 1.82) is 0 Å². The molecule has 0 radical (unpaired) electrons. The van der Waals surface area contributed by atoms with E-state index in [9.17, 15) is 0 Å². The van der Waals surface area contributed by atoms with Gasteiger partial charge in [-0.05, 0) is 47.1 Å². The molecule has 0 aliphatic carbocycles. The number of benzene rings is 3. The molecule has 0 aliphatic rings. The second-order valence-corrected chi connectivity index (χ2v) is 7.94. The van der Waals surface area contributed by atoms with Crippen LogP contribution in [-0.2, 0) is 0 Å². The van der Waals surface area contributed by atoms with Crippen molar-refractivity contribution in [2.24, 2.45) is 0 Å². The molecule has 0 bridgehead atoms. The van der Waals surface area contributed by atoms with Crippen LogP contribution in [0.15, 0.2) is 109 Å². The first-order valence-electron chi connectivity index (χ1n) is 8.33. The number of hydrogen-bond donors (Lipinski definition) is 0. The van der Waals surface area contributed by atoms with Crippen molar-refractivity contribution in [3.05, 3.63) is 109 Å². The van der Waals surface area contributed by atoms with Gasteiger partial charge in [-0.2, -0.15) is 0 Å². The molecule has 0 atom stereocenters. The van der Waals surface area contributed by atoms with Gasteiger partial charge in [0, 0.05) is 12.4 Å². The van der Waals surface area contributed by atoms with E-state index in [0.717, 1.165) is 0 Å². The predicted molar refractivity (Wildman–Crippen MR) is 108 cm³/mol. The number of rotatable bonds is 4. The van der Waals surface area contributed by atoms with Gasteiger partial charge < -0.3 is 0 Å². The zero-order valence-corrected chi connectivity index (χ0v) is 14.7. The van der Waals surface area contributed by atoms with E-state index in [4.69, 9.17) is 0 Å². The van der Waals surface area contributed by atoms with Gasteiger partial charge in [-0.1, -0.05) is 84.9 Å². The molecule has 25 heavy (non-hydrogen) atoms. The highest BCUT2D eigenvalue weighted by atomic mass is 31.1. The fraction of sp³-hybridized carbons (Fsp3) is 0. The van der Waals surface area contributed by atoms with Crippen molar-refractivity contribution in [2.45, 2.75) is 0 Å². The van der Waals surface area contributed by atoms with Crippen molar-refractivity contribution in [2.75, 3.05) is 0 Å². The van der Waals surface area contributed by atoms with Crippen molar-refractivity contribution in [1.82, 2.24) is 4.98 Å². The van der Waals surface area contributed by atoms with Gasteiger partial charge in [0.2, 0.25) is 0 Å². The Labute approximate surface area is 149 Å². The summed E-state index contributed by atoms with van der Waals surface area (Å²) in [5.74, 6) is 0. The van der Waals surface area contributed by atoms with Crippen LogP contribution in [0.1, 0.15) is 0 Å². The van der Waals surface area contributed by atoms with Gasteiger partial charge in [-0.25, -0.2) is 0 Å². The molecule has 4 rings (SSSR count). The second kappa shape index (κ2) is 7.42. The van der Waals surface area contributed by atoms with Gasteiger partial charge in [-0.15, -0.1) is 0 Å². The Morgan fingerprint density at radius 2 is 1.04 bits per heavy atom. The highest BCUT2D eigenvalue weighted by Gasteiger charge is 2.19. The molecule has 1 aromatic heterocycles. The molecule has 0 aliphatic heterocycles. The molecule has 0 saturated heterocycles.